The molecule has 0 aliphatic carbocycles. The molecule has 28 heavy (non-hydrogen) atoms. The minimum Gasteiger partial charge on any atom is -0.501 e. The molecule has 0 aromatic heterocycles. The van der Waals surface area contributed by atoms with Gasteiger partial charge < -0.3 is 9.16 Å². The van der Waals surface area contributed by atoms with E-state index in [1.807, 2.05) is 13.0 Å². The molecule has 156 valence electrons. The normalized spacial score (nSPS) is 12.2. The molecule has 0 saturated carbocycles. The molecule has 0 saturated heterocycles. The highest BCUT2D eigenvalue weighted by molar-refractivity contribution is 6.75. The van der Waals surface area contributed by atoms with Crippen molar-refractivity contribution in [1.29, 1.82) is 0 Å². The van der Waals surface area contributed by atoms with E-state index in [0.29, 0.717) is 23.5 Å². The van der Waals surface area contributed by atoms with Gasteiger partial charge in [0.05, 0.1) is 0 Å². The number of nitrogens with zero attached hydrogens (tertiary/aromatic N) is 2. The van der Waals surface area contributed by atoms with Gasteiger partial charge in [-0.15, -0.1) is 0 Å². The van der Waals surface area contributed by atoms with Gasteiger partial charge in [-0.3, -0.25) is 0 Å². The smallest absolute Gasteiger partial charge is 0.458 e. The van der Waals surface area contributed by atoms with Crippen molar-refractivity contribution in [2.24, 2.45) is 28.0 Å². The van der Waals surface area contributed by atoms with Crippen LogP contribution in [0.4, 0.5) is 9.59 Å². The Morgan fingerprint density at radius 2 is 1.39 bits per heavy atom. The Balaban J connectivity index is 2.84. The molecule has 2 amide bonds. The summed E-state index contributed by atoms with van der Waals surface area (Å²) in [7, 11) is -2.36. The van der Waals surface area contributed by atoms with Crippen LogP contribution < -0.4 is 4.74 Å². The summed E-state index contributed by atoms with van der Waals surface area (Å²) in [6.45, 7) is 14.7. The predicted molar refractivity (Wildman–Crippen MR) is 113 cm³/mol. The largest absolute Gasteiger partial charge is 0.501 e. The minimum absolute atomic E-state index is 0.362. The Morgan fingerprint density at radius 1 is 0.893 bits per heavy atom. The van der Waals surface area contributed by atoms with Gasteiger partial charge in [0.2, 0.25) is 0 Å². The molecule has 1 aromatic carbocycles. The molecular formula is C21H34N2O4Si. The molecule has 0 N–H and O–H groups in total. The average molecular weight is 407 g/mol. The second-order valence-corrected chi connectivity index (χ2v) is 12.5. The fraction of sp³-hybridized carbons (Fsp3) is 0.619. The van der Waals surface area contributed by atoms with Gasteiger partial charge in [-0.1, -0.05) is 63.9 Å². The quantitative estimate of drug-likeness (QED) is 0.344. The summed E-state index contributed by atoms with van der Waals surface area (Å²) in [5.74, 6) is 1.61. The van der Waals surface area contributed by atoms with Crippen LogP contribution in [0.1, 0.15) is 47.1 Å². The Hall–Kier alpha value is -2.02. The first-order valence-electron chi connectivity index (χ1n) is 9.94. The number of carbonyl (C=O) groups is 2. The zero-order valence-corrected chi connectivity index (χ0v) is 19.2. The molecule has 1 aromatic rings. The molecule has 0 fully saturated rings. The standard InChI is InChI=1S/C21H34N2O4Si/c1-15(2)12-28(13-16(3)4,14-17(5)6)27-21(25)23-22-20(24)26-19-10-8-9-18(7)11-19/h8-11,15-17H,12-14H2,1-7H3. The maximum atomic E-state index is 12.4. The Kier molecular flexibility index (Phi) is 9.51. The first-order valence-corrected chi connectivity index (χ1v) is 12.5. The highest BCUT2D eigenvalue weighted by atomic mass is 28.4. The molecule has 0 radical (unpaired) electrons. The number of hydrogen-bond donors (Lipinski definition) is 0. The fourth-order valence-corrected chi connectivity index (χ4v) is 9.32. The third-order valence-corrected chi connectivity index (χ3v) is 9.34. The topological polar surface area (TPSA) is 77.3 Å². The molecule has 7 heteroatoms. The fourth-order valence-electron chi connectivity index (χ4n) is 3.69. The van der Waals surface area contributed by atoms with Crippen LogP contribution in [-0.4, -0.2) is 20.5 Å². The lowest BCUT2D eigenvalue weighted by molar-refractivity contribution is 0.197. The van der Waals surface area contributed by atoms with E-state index in [2.05, 4.69) is 51.8 Å². The number of carbonyl (C=O) groups excluding carboxylic acids is 2. The molecule has 1 rings (SSSR count). The van der Waals surface area contributed by atoms with E-state index in [9.17, 15) is 9.59 Å². The second kappa shape index (κ2) is 11.1. The average Bonchev–Trinajstić information content (AvgIpc) is 2.50. The number of azo groups is 1. The summed E-state index contributed by atoms with van der Waals surface area (Å²) in [5, 5.41) is 6.86. The highest BCUT2D eigenvalue weighted by Gasteiger charge is 2.40. The number of amides is 2. The summed E-state index contributed by atoms with van der Waals surface area (Å²) in [6.07, 6.45) is -1.73. The van der Waals surface area contributed by atoms with Gasteiger partial charge in [-0.25, -0.2) is 9.59 Å². The number of rotatable bonds is 8. The first-order chi connectivity index (χ1) is 13.0. The van der Waals surface area contributed by atoms with Crippen molar-refractivity contribution in [3.8, 4) is 5.75 Å². The molecule has 0 heterocycles. The van der Waals surface area contributed by atoms with E-state index in [-0.39, 0.29) is 0 Å². The number of benzene rings is 1. The van der Waals surface area contributed by atoms with Crippen molar-refractivity contribution < 1.29 is 18.8 Å². The lowest BCUT2D eigenvalue weighted by atomic mass is 10.2. The van der Waals surface area contributed by atoms with Crippen LogP contribution in [0.3, 0.4) is 0 Å². The molecule has 0 unspecified atom stereocenters. The van der Waals surface area contributed by atoms with Gasteiger partial charge in [0.25, 0.3) is 8.32 Å². The minimum atomic E-state index is -2.36. The van der Waals surface area contributed by atoms with Crippen molar-refractivity contribution >= 4 is 20.5 Å². The van der Waals surface area contributed by atoms with Crippen molar-refractivity contribution in [1.82, 2.24) is 0 Å². The number of aryl methyl sites for hydroxylation is 1. The van der Waals surface area contributed by atoms with Gasteiger partial charge in [-0.05, 0) is 60.5 Å². The zero-order valence-electron chi connectivity index (χ0n) is 18.2. The summed E-state index contributed by atoms with van der Waals surface area (Å²) in [6, 6.07) is 9.63. The van der Waals surface area contributed by atoms with Gasteiger partial charge in [0.15, 0.2) is 0 Å². The van der Waals surface area contributed by atoms with E-state index < -0.39 is 20.5 Å². The van der Waals surface area contributed by atoms with Crippen LogP contribution in [0.5, 0.6) is 5.75 Å². The zero-order chi connectivity index (χ0) is 21.3. The molecule has 0 aliphatic rings. The van der Waals surface area contributed by atoms with Crippen LogP contribution in [0, 0.1) is 24.7 Å². The molecule has 0 atom stereocenters. The third-order valence-electron chi connectivity index (χ3n) is 4.05. The van der Waals surface area contributed by atoms with E-state index in [1.54, 1.807) is 18.2 Å². The Bertz CT molecular complexity index is 660. The molecule has 0 aliphatic heterocycles. The molecule has 0 spiro atoms. The lowest BCUT2D eigenvalue weighted by Gasteiger charge is -2.34. The summed E-state index contributed by atoms with van der Waals surface area (Å²) >= 11 is 0. The van der Waals surface area contributed by atoms with Crippen LogP contribution in [0.2, 0.25) is 18.1 Å². The van der Waals surface area contributed by atoms with Crippen molar-refractivity contribution in [3.63, 3.8) is 0 Å². The molecule has 0 bridgehead atoms. The lowest BCUT2D eigenvalue weighted by Crippen LogP contribution is -2.43. The number of ether oxygens (including phenoxy) is 1. The second-order valence-electron chi connectivity index (χ2n) is 8.73. The molecule has 6 nitrogen and oxygen atoms in total. The van der Waals surface area contributed by atoms with E-state index >= 15 is 0 Å². The third kappa shape index (κ3) is 9.26. The van der Waals surface area contributed by atoms with Gasteiger partial charge in [-0.2, -0.15) is 0 Å². The predicted octanol–water partition coefficient (Wildman–Crippen LogP) is 7.00. The maximum absolute atomic E-state index is 12.4. The number of hydrogen-bond acceptors (Lipinski definition) is 4. The van der Waals surface area contributed by atoms with Crippen LogP contribution in [0.25, 0.3) is 0 Å². The van der Waals surface area contributed by atoms with Gasteiger partial charge in [0.1, 0.15) is 5.75 Å². The summed E-state index contributed by atoms with van der Waals surface area (Å²) in [4.78, 5) is 24.2. The van der Waals surface area contributed by atoms with Crippen molar-refractivity contribution in [2.75, 3.05) is 0 Å². The van der Waals surface area contributed by atoms with Crippen LogP contribution in [-0.2, 0) is 4.43 Å². The van der Waals surface area contributed by atoms with Crippen LogP contribution >= 0.6 is 0 Å². The first kappa shape index (κ1) is 24.0. The Morgan fingerprint density at radius 3 is 1.86 bits per heavy atom. The monoisotopic (exact) mass is 406 g/mol. The summed E-state index contributed by atoms with van der Waals surface area (Å²) in [5.41, 5.74) is 0.952. The van der Waals surface area contributed by atoms with E-state index in [0.717, 1.165) is 23.7 Å². The molecular weight excluding hydrogens is 372 g/mol. The van der Waals surface area contributed by atoms with E-state index in [4.69, 9.17) is 9.16 Å². The summed E-state index contributed by atoms with van der Waals surface area (Å²) < 4.78 is 11.0. The Labute approximate surface area is 169 Å². The van der Waals surface area contributed by atoms with E-state index in [1.165, 1.54) is 0 Å². The maximum Gasteiger partial charge on any atom is 0.458 e. The SMILES string of the molecule is Cc1cccc(OC(=O)N=NC(=O)O[Si](CC(C)C)(CC(C)C)CC(C)C)c1. The van der Waals surface area contributed by atoms with Crippen LogP contribution in [0.15, 0.2) is 34.5 Å². The van der Waals surface area contributed by atoms with Gasteiger partial charge in [0, 0.05) is 0 Å². The highest BCUT2D eigenvalue weighted by Crippen LogP contribution is 2.33. The van der Waals surface area contributed by atoms with Gasteiger partial charge >= 0.3 is 12.2 Å². The van der Waals surface area contributed by atoms with Crippen molar-refractivity contribution in [3.05, 3.63) is 29.8 Å². The van der Waals surface area contributed by atoms with Crippen molar-refractivity contribution in [2.45, 2.75) is 66.6 Å².